The molecule has 0 aliphatic rings. The molecule has 1 aromatic carbocycles. The van der Waals surface area contributed by atoms with Gasteiger partial charge in [-0.3, -0.25) is 0 Å². The number of ether oxygens (including phenoxy) is 1. The summed E-state index contributed by atoms with van der Waals surface area (Å²) in [4.78, 5) is 4.27. The topological polar surface area (TPSA) is 72.8 Å². The third-order valence-electron chi connectivity index (χ3n) is 3.52. The van der Waals surface area contributed by atoms with E-state index in [1.807, 2.05) is 0 Å². The van der Waals surface area contributed by atoms with Crippen LogP contribution in [0.2, 0.25) is 0 Å². The Morgan fingerprint density at radius 1 is 1.12 bits per heavy atom. The van der Waals surface area contributed by atoms with Gasteiger partial charge in [0.1, 0.15) is 12.3 Å². The Morgan fingerprint density at radius 3 is 2.64 bits per heavy atom. The second-order valence-corrected chi connectivity index (χ2v) is 5.22. The summed E-state index contributed by atoms with van der Waals surface area (Å²) in [6.45, 7) is -0.219. The molecule has 3 aromatic heterocycles. The molecule has 0 amide bonds. The van der Waals surface area contributed by atoms with E-state index in [0.717, 1.165) is 12.1 Å². The maximum Gasteiger partial charge on any atom is 0.215 e. The van der Waals surface area contributed by atoms with Crippen LogP contribution in [-0.2, 0) is 6.61 Å². The molecule has 0 atom stereocenters. The van der Waals surface area contributed by atoms with E-state index in [9.17, 15) is 13.9 Å². The number of fused-ring (bicyclic) bond motifs is 1. The van der Waals surface area contributed by atoms with Gasteiger partial charge in [0.05, 0.1) is 12.0 Å². The third-order valence-corrected chi connectivity index (χ3v) is 3.52. The molecule has 126 valence electrons. The fraction of sp³-hybridized carbons (Fsp3) is 0.0588. The molecule has 0 bridgehead atoms. The molecule has 6 nitrogen and oxygen atoms in total. The van der Waals surface area contributed by atoms with Gasteiger partial charge in [-0.2, -0.15) is 9.61 Å². The fourth-order valence-corrected chi connectivity index (χ4v) is 2.39. The standard InChI is InChI=1S/C17H11F2N3O3/c18-11-3-1-4-12(19)17(11)25-9-10-7-16(23)22-15(20-10)8-13(21-22)14-5-2-6-24-14/h1-8,23H,9H2. The van der Waals surface area contributed by atoms with Gasteiger partial charge in [0.25, 0.3) is 0 Å². The molecule has 0 aliphatic carbocycles. The second-order valence-electron chi connectivity index (χ2n) is 5.22. The van der Waals surface area contributed by atoms with Gasteiger partial charge >= 0.3 is 0 Å². The van der Waals surface area contributed by atoms with Crippen molar-refractivity contribution in [3.05, 3.63) is 66.1 Å². The number of aromatic hydroxyl groups is 1. The number of hydrogen-bond acceptors (Lipinski definition) is 5. The van der Waals surface area contributed by atoms with Gasteiger partial charge in [0, 0.05) is 12.1 Å². The number of aromatic nitrogens is 3. The zero-order valence-electron chi connectivity index (χ0n) is 12.7. The largest absolute Gasteiger partial charge is 0.493 e. The van der Waals surface area contributed by atoms with Crippen molar-refractivity contribution < 1.29 is 23.0 Å². The van der Waals surface area contributed by atoms with Crippen LogP contribution in [0.25, 0.3) is 17.1 Å². The number of nitrogens with zero attached hydrogens (tertiary/aromatic N) is 3. The quantitative estimate of drug-likeness (QED) is 0.613. The normalized spacial score (nSPS) is 11.1. The zero-order chi connectivity index (χ0) is 17.4. The van der Waals surface area contributed by atoms with Crippen LogP contribution >= 0.6 is 0 Å². The van der Waals surface area contributed by atoms with Crippen LogP contribution in [0.1, 0.15) is 5.69 Å². The highest BCUT2D eigenvalue weighted by Crippen LogP contribution is 2.24. The monoisotopic (exact) mass is 343 g/mol. The van der Waals surface area contributed by atoms with Crippen molar-refractivity contribution in [3.63, 3.8) is 0 Å². The van der Waals surface area contributed by atoms with Crippen LogP contribution in [0.15, 0.2) is 53.1 Å². The van der Waals surface area contributed by atoms with Crippen molar-refractivity contribution in [1.82, 2.24) is 14.6 Å². The first-order chi connectivity index (χ1) is 12.1. The van der Waals surface area contributed by atoms with Crippen LogP contribution in [0, 0.1) is 11.6 Å². The van der Waals surface area contributed by atoms with Crippen LogP contribution < -0.4 is 4.74 Å². The molecule has 0 aliphatic heterocycles. The molecule has 25 heavy (non-hydrogen) atoms. The first kappa shape index (κ1) is 15.1. The SMILES string of the molecule is Oc1cc(COc2c(F)cccc2F)nc2cc(-c3ccco3)nn12. The van der Waals surface area contributed by atoms with Crippen LogP contribution in [0.5, 0.6) is 11.6 Å². The van der Waals surface area contributed by atoms with Gasteiger partial charge in [-0.1, -0.05) is 6.07 Å². The van der Waals surface area contributed by atoms with Gasteiger partial charge in [-0.25, -0.2) is 13.8 Å². The Labute approximate surface area is 139 Å². The molecule has 0 radical (unpaired) electrons. The van der Waals surface area contributed by atoms with Crippen molar-refractivity contribution >= 4 is 5.65 Å². The number of hydrogen-bond donors (Lipinski definition) is 1. The van der Waals surface area contributed by atoms with Gasteiger partial charge in [-0.05, 0) is 24.3 Å². The average Bonchev–Trinajstić information content (AvgIpc) is 3.23. The molecule has 8 heteroatoms. The summed E-state index contributed by atoms with van der Waals surface area (Å²) >= 11 is 0. The summed E-state index contributed by atoms with van der Waals surface area (Å²) in [5, 5.41) is 14.3. The minimum atomic E-state index is -0.810. The molecule has 0 fully saturated rings. The zero-order valence-corrected chi connectivity index (χ0v) is 12.7. The van der Waals surface area contributed by atoms with Gasteiger partial charge in [0.2, 0.25) is 5.88 Å². The van der Waals surface area contributed by atoms with E-state index in [-0.39, 0.29) is 12.5 Å². The van der Waals surface area contributed by atoms with Crippen molar-refractivity contribution in [2.75, 3.05) is 0 Å². The van der Waals surface area contributed by atoms with Gasteiger partial charge < -0.3 is 14.3 Å². The minimum absolute atomic E-state index is 0.185. The highest BCUT2D eigenvalue weighted by atomic mass is 19.1. The van der Waals surface area contributed by atoms with Crippen molar-refractivity contribution in [1.29, 1.82) is 0 Å². The molecule has 4 rings (SSSR count). The van der Waals surface area contributed by atoms with E-state index in [0.29, 0.717) is 22.8 Å². The van der Waals surface area contributed by atoms with Gasteiger partial charge in [0.15, 0.2) is 28.8 Å². The average molecular weight is 343 g/mol. The smallest absolute Gasteiger partial charge is 0.215 e. The Morgan fingerprint density at radius 2 is 1.92 bits per heavy atom. The minimum Gasteiger partial charge on any atom is -0.493 e. The maximum atomic E-state index is 13.6. The number of benzene rings is 1. The van der Waals surface area contributed by atoms with E-state index >= 15 is 0 Å². The predicted octanol–water partition coefficient (Wildman–Crippen LogP) is 3.55. The van der Waals surface area contributed by atoms with Gasteiger partial charge in [-0.15, -0.1) is 0 Å². The van der Waals surface area contributed by atoms with Crippen LogP contribution in [-0.4, -0.2) is 19.7 Å². The van der Waals surface area contributed by atoms with E-state index in [2.05, 4.69) is 10.1 Å². The van der Waals surface area contributed by atoms with Crippen molar-refractivity contribution in [3.8, 4) is 23.1 Å². The Balaban J connectivity index is 1.64. The highest BCUT2D eigenvalue weighted by Gasteiger charge is 2.14. The molecule has 1 N–H and O–H groups in total. The first-order valence-electron chi connectivity index (χ1n) is 7.31. The lowest BCUT2D eigenvalue weighted by Gasteiger charge is -2.08. The molecular formula is C17H11F2N3O3. The molecule has 0 unspecified atom stereocenters. The van der Waals surface area contributed by atoms with E-state index in [1.165, 1.54) is 22.9 Å². The maximum absolute atomic E-state index is 13.6. The van der Waals surface area contributed by atoms with E-state index in [4.69, 9.17) is 9.15 Å². The fourth-order valence-electron chi connectivity index (χ4n) is 2.39. The Hall–Kier alpha value is -3.42. The van der Waals surface area contributed by atoms with Crippen molar-refractivity contribution in [2.45, 2.75) is 6.61 Å². The van der Waals surface area contributed by atoms with Crippen LogP contribution in [0.4, 0.5) is 8.78 Å². The van der Waals surface area contributed by atoms with E-state index in [1.54, 1.807) is 18.2 Å². The number of rotatable bonds is 4. The molecule has 0 saturated carbocycles. The molecule has 3 heterocycles. The summed E-state index contributed by atoms with van der Waals surface area (Å²) in [5.41, 5.74) is 1.13. The lowest BCUT2D eigenvalue weighted by molar-refractivity contribution is 0.269. The predicted molar refractivity (Wildman–Crippen MR) is 83.0 cm³/mol. The summed E-state index contributed by atoms with van der Waals surface area (Å²) in [6, 6.07) is 9.81. The molecular weight excluding hydrogens is 332 g/mol. The molecule has 0 spiro atoms. The summed E-state index contributed by atoms with van der Waals surface area (Å²) in [7, 11) is 0. The molecule has 0 saturated heterocycles. The third kappa shape index (κ3) is 2.78. The van der Waals surface area contributed by atoms with E-state index < -0.39 is 17.4 Å². The highest BCUT2D eigenvalue weighted by molar-refractivity contribution is 5.59. The number of para-hydroxylation sites is 1. The Kier molecular flexibility index (Phi) is 3.57. The Bertz CT molecular complexity index is 1020. The number of furan rings is 1. The van der Waals surface area contributed by atoms with Crippen LogP contribution in [0.3, 0.4) is 0 Å². The lowest BCUT2D eigenvalue weighted by atomic mass is 10.3. The summed E-state index contributed by atoms with van der Waals surface area (Å²) < 4.78 is 38.8. The lowest BCUT2D eigenvalue weighted by Crippen LogP contribution is -2.03. The second kappa shape index (κ2) is 5.90. The molecule has 4 aromatic rings. The van der Waals surface area contributed by atoms with Crippen molar-refractivity contribution in [2.24, 2.45) is 0 Å². The number of halogens is 2. The first-order valence-corrected chi connectivity index (χ1v) is 7.31. The summed E-state index contributed by atoms with van der Waals surface area (Å²) in [6.07, 6.45) is 1.51. The summed E-state index contributed by atoms with van der Waals surface area (Å²) in [5.74, 6) is -1.77.